The van der Waals surface area contributed by atoms with Gasteiger partial charge in [0.1, 0.15) is 0 Å². The van der Waals surface area contributed by atoms with E-state index < -0.39 is 5.92 Å². The highest BCUT2D eigenvalue weighted by Crippen LogP contribution is 2.45. The van der Waals surface area contributed by atoms with Gasteiger partial charge in [-0.3, -0.25) is 4.79 Å². The average Bonchev–Trinajstić information content (AvgIpc) is 2.45. The van der Waals surface area contributed by atoms with Crippen molar-refractivity contribution in [3.05, 3.63) is 67.9 Å². The van der Waals surface area contributed by atoms with Crippen molar-refractivity contribution in [2.24, 2.45) is 5.92 Å². The van der Waals surface area contributed by atoms with E-state index in [1.54, 1.807) is 12.1 Å². The molecule has 1 aliphatic carbocycles. The topological polar surface area (TPSA) is 33.5 Å². The van der Waals surface area contributed by atoms with Crippen molar-refractivity contribution in [1.82, 2.24) is 5.32 Å². The summed E-state index contributed by atoms with van der Waals surface area (Å²) in [6.07, 6.45) is 1.32. The maximum Gasteiger partial charge on any atom is 0.195 e. The summed E-state index contributed by atoms with van der Waals surface area (Å²) < 4.78 is 0. The van der Waals surface area contributed by atoms with Gasteiger partial charge in [0.25, 0.3) is 0 Å². The van der Waals surface area contributed by atoms with Gasteiger partial charge < -0.3 is 5.32 Å². The normalized spacial score (nSPS) is 24.2. The van der Waals surface area contributed by atoms with Gasteiger partial charge in [-0.1, -0.05) is 36.2 Å². The molecule has 0 aromatic heterocycles. The molecule has 1 aromatic rings. The van der Waals surface area contributed by atoms with E-state index >= 15 is 0 Å². The molecule has 0 spiro atoms. The van der Waals surface area contributed by atoms with Crippen molar-refractivity contribution in [2.75, 3.05) is 0 Å². The van der Waals surface area contributed by atoms with Crippen molar-refractivity contribution in [2.45, 2.75) is 32.6 Å². The van der Waals surface area contributed by atoms with Gasteiger partial charge in [0, 0.05) is 33.4 Å². The van der Waals surface area contributed by atoms with Gasteiger partial charge in [0.05, 0.1) is 12.5 Å². The van der Waals surface area contributed by atoms with Gasteiger partial charge in [-0.15, -0.1) is 0 Å². The standard InChI is InChI=1S/C18H16Cl2N2O/c1-9-6-14-17(15(23)7-9)16(18(21-3)10(2)22-14)12-5-4-11(19)8-13(12)20/h4-5,8-9,16,22H,6-7H2,1-2H3. The summed E-state index contributed by atoms with van der Waals surface area (Å²) in [5, 5.41) is 4.29. The first-order valence-electron chi connectivity index (χ1n) is 7.48. The zero-order valence-corrected chi connectivity index (χ0v) is 14.4. The zero-order valence-electron chi connectivity index (χ0n) is 12.9. The summed E-state index contributed by atoms with van der Waals surface area (Å²) in [5.41, 5.74) is 3.68. The second kappa shape index (κ2) is 6.03. The van der Waals surface area contributed by atoms with Crippen LogP contribution in [0.15, 0.2) is 40.9 Å². The van der Waals surface area contributed by atoms with Gasteiger partial charge in [-0.25, -0.2) is 4.85 Å². The highest BCUT2D eigenvalue weighted by atomic mass is 35.5. The Hall–Kier alpha value is -1.76. The number of rotatable bonds is 1. The van der Waals surface area contributed by atoms with Gasteiger partial charge in [0.15, 0.2) is 11.5 Å². The molecule has 1 aromatic carbocycles. The van der Waals surface area contributed by atoms with E-state index in [4.69, 9.17) is 29.8 Å². The average molecular weight is 347 g/mol. The van der Waals surface area contributed by atoms with Crippen molar-refractivity contribution < 1.29 is 4.79 Å². The van der Waals surface area contributed by atoms with Crippen molar-refractivity contribution in [3.8, 4) is 0 Å². The lowest BCUT2D eigenvalue weighted by Crippen LogP contribution is -2.33. The number of carbonyl (C=O) groups is 1. The maximum atomic E-state index is 12.7. The van der Waals surface area contributed by atoms with Gasteiger partial charge in [-0.2, -0.15) is 0 Å². The SMILES string of the molecule is [C-]#[N+]C1=C(C)NC2=C(C(=O)CC(C)C2)C1c1ccc(Cl)cc1Cl. The second-order valence-electron chi connectivity index (χ2n) is 6.17. The molecule has 2 unspecified atom stereocenters. The molecule has 3 rings (SSSR count). The first kappa shape index (κ1) is 16.1. The van der Waals surface area contributed by atoms with E-state index in [1.165, 1.54) is 0 Å². The van der Waals surface area contributed by atoms with Crippen LogP contribution in [0.2, 0.25) is 10.0 Å². The van der Waals surface area contributed by atoms with Crippen molar-refractivity contribution in [3.63, 3.8) is 0 Å². The number of dihydropyridines is 1. The lowest BCUT2D eigenvalue weighted by atomic mass is 9.75. The molecule has 1 N–H and O–H groups in total. The van der Waals surface area contributed by atoms with Crippen LogP contribution >= 0.6 is 23.2 Å². The highest BCUT2D eigenvalue weighted by Gasteiger charge is 2.38. The van der Waals surface area contributed by atoms with Crippen LogP contribution in [-0.2, 0) is 4.79 Å². The fourth-order valence-electron chi connectivity index (χ4n) is 3.41. The predicted octanol–water partition coefficient (Wildman–Crippen LogP) is 5.08. The fraction of sp³-hybridized carbons (Fsp3) is 0.333. The number of hydrogen-bond donors (Lipinski definition) is 1. The van der Waals surface area contributed by atoms with Crippen molar-refractivity contribution >= 4 is 29.0 Å². The molecule has 5 heteroatoms. The van der Waals surface area contributed by atoms with Gasteiger partial charge in [-0.05, 0) is 37.0 Å². The molecule has 3 nitrogen and oxygen atoms in total. The lowest BCUT2D eigenvalue weighted by Gasteiger charge is -2.34. The largest absolute Gasteiger partial charge is 0.372 e. The van der Waals surface area contributed by atoms with E-state index in [0.717, 1.165) is 23.4 Å². The number of ketones is 1. The number of halogens is 2. The third kappa shape index (κ3) is 2.78. The maximum absolute atomic E-state index is 12.7. The Bertz CT molecular complexity index is 802. The molecule has 118 valence electrons. The molecule has 2 atom stereocenters. The Morgan fingerprint density at radius 2 is 2.04 bits per heavy atom. The molecule has 23 heavy (non-hydrogen) atoms. The van der Waals surface area contributed by atoms with E-state index in [2.05, 4.69) is 17.1 Å². The summed E-state index contributed by atoms with van der Waals surface area (Å²) in [7, 11) is 0. The number of hydrogen-bond acceptors (Lipinski definition) is 2. The minimum absolute atomic E-state index is 0.0934. The quantitative estimate of drug-likeness (QED) is 0.719. The third-order valence-electron chi connectivity index (χ3n) is 4.39. The summed E-state index contributed by atoms with van der Waals surface area (Å²) in [6.45, 7) is 11.5. The van der Waals surface area contributed by atoms with E-state index in [1.807, 2.05) is 13.0 Å². The second-order valence-corrected chi connectivity index (χ2v) is 7.02. The van der Waals surface area contributed by atoms with Crippen LogP contribution in [0.4, 0.5) is 0 Å². The Balaban J connectivity index is 2.22. The molecular formula is C18H16Cl2N2O. The van der Waals surface area contributed by atoms with E-state index in [-0.39, 0.29) is 5.78 Å². The van der Waals surface area contributed by atoms with Crippen LogP contribution < -0.4 is 5.32 Å². The third-order valence-corrected chi connectivity index (χ3v) is 4.95. The number of carbonyl (C=O) groups excluding carboxylic acids is 1. The lowest BCUT2D eigenvalue weighted by molar-refractivity contribution is -0.117. The number of benzene rings is 1. The molecule has 1 aliphatic heterocycles. The molecule has 0 fully saturated rings. The smallest absolute Gasteiger partial charge is 0.195 e. The molecule has 0 saturated carbocycles. The van der Waals surface area contributed by atoms with E-state index in [0.29, 0.717) is 33.7 Å². The van der Waals surface area contributed by atoms with Crippen LogP contribution in [0.1, 0.15) is 38.2 Å². The van der Waals surface area contributed by atoms with Crippen LogP contribution in [0, 0.1) is 12.5 Å². The summed E-state index contributed by atoms with van der Waals surface area (Å²) in [5.74, 6) is -0.0122. The van der Waals surface area contributed by atoms with Gasteiger partial charge >= 0.3 is 0 Å². The summed E-state index contributed by atoms with van der Waals surface area (Å²) in [6, 6.07) is 5.22. The van der Waals surface area contributed by atoms with Crippen LogP contribution in [0.5, 0.6) is 0 Å². The number of allylic oxidation sites excluding steroid dienone is 3. The first-order chi connectivity index (χ1) is 10.9. The van der Waals surface area contributed by atoms with E-state index in [9.17, 15) is 4.79 Å². The minimum atomic E-state index is -0.409. The molecule has 0 saturated heterocycles. The summed E-state index contributed by atoms with van der Waals surface area (Å²) >= 11 is 12.4. The molecule has 0 bridgehead atoms. The Morgan fingerprint density at radius 3 is 2.70 bits per heavy atom. The predicted molar refractivity (Wildman–Crippen MR) is 92.1 cm³/mol. The number of nitrogens with zero attached hydrogens (tertiary/aromatic N) is 1. The Labute approximate surface area is 145 Å². The van der Waals surface area contributed by atoms with Crippen molar-refractivity contribution in [1.29, 1.82) is 0 Å². The monoisotopic (exact) mass is 346 g/mol. The highest BCUT2D eigenvalue weighted by molar-refractivity contribution is 6.35. The molecular weight excluding hydrogens is 331 g/mol. The molecule has 2 aliphatic rings. The Morgan fingerprint density at radius 1 is 1.30 bits per heavy atom. The Kier molecular flexibility index (Phi) is 4.23. The van der Waals surface area contributed by atoms with Crippen LogP contribution in [0.3, 0.4) is 0 Å². The first-order valence-corrected chi connectivity index (χ1v) is 8.24. The minimum Gasteiger partial charge on any atom is -0.372 e. The van der Waals surface area contributed by atoms with Gasteiger partial charge in [0.2, 0.25) is 0 Å². The summed E-state index contributed by atoms with van der Waals surface area (Å²) in [4.78, 5) is 16.4. The zero-order chi connectivity index (χ0) is 16.7. The molecule has 0 radical (unpaired) electrons. The molecule has 0 amide bonds. The van der Waals surface area contributed by atoms with Crippen LogP contribution in [-0.4, -0.2) is 5.78 Å². The number of nitrogens with one attached hydrogen (secondary N) is 1. The fourth-order valence-corrected chi connectivity index (χ4v) is 3.93. The van der Waals surface area contributed by atoms with Crippen LogP contribution in [0.25, 0.3) is 4.85 Å². The molecule has 1 heterocycles. The number of Topliss-reactive ketones (excluding diaryl/α,β-unsaturated/α-hetero) is 1.